The van der Waals surface area contributed by atoms with Crippen molar-refractivity contribution in [2.24, 2.45) is 0 Å². The monoisotopic (exact) mass is 356 g/mol. The predicted molar refractivity (Wildman–Crippen MR) is 104 cm³/mol. The summed E-state index contributed by atoms with van der Waals surface area (Å²) in [6.45, 7) is 5.29. The normalized spacial score (nSPS) is 17.5. The van der Waals surface area contributed by atoms with Crippen molar-refractivity contribution < 1.29 is 9.84 Å². The molecule has 26 heavy (non-hydrogen) atoms. The van der Waals surface area contributed by atoms with Crippen LogP contribution in [0.1, 0.15) is 31.9 Å². The molecule has 1 unspecified atom stereocenters. The molecule has 0 radical (unpaired) electrons. The van der Waals surface area contributed by atoms with Crippen molar-refractivity contribution in [2.75, 3.05) is 30.5 Å². The zero-order valence-corrected chi connectivity index (χ0v) is 15.8. The molecule has 0 aliphatic carbocycles. The molecule has 6 nitrogen and oxygen atoms in total. The van der Waals surface area contributed by atoms with E-state index < -0.39 is 5.60 Å². The molecule has 140 valence electrons. The van der Waals surface area contributed by atoms with Crippen LogP contribution in [0.15, 0.2) is 36.4 Å². The minimum absolute atomic E-state index is 0.0993. The molecule has 1 aliphatic rings. The second kappa shape index (κ2) is 8.01. The van der Waals surface area contributed by atoms with Gasteiger partial charge in [0.2, 0.25) is 5.95 Å². The molecule has 1 atom stereocenters. The van der Waals surface area contributed by atoms with Crippen LogP contribution >= 0.6 is 0 Å². The van der Waals surface area contributed by atoms with Gasteiger partial charge >= 0.3 is 0 Å². The Hall–Kier alpha value is -2.18. The summed E-state index contributed by atoms with van der Waals surface area (Å²) in [7, 11) is 1.96. The topological polar surface area (TPSA) is 70.5 Å². The van der Waals surface area contributed by atoms with Crippen molar-refractivity contribution in [3.63, 3.8) is 0 Å². The van der Waals surface area contributed by atoms with Crippen LogP contribution in [0.5, 0.6) is 0 Å². The fraction of sp³-hybridized carbons (Fsp3) is 0.500. The number of aryl methyl sites for hydroxylation is 1. The summed E-state index contributed by atoms with van der Waals surface area (Å²) in [5, 5.41) is 14.1. The van der Waals surface area contributed by atoms with E-state index >= 15 is 0 Å². The third kappa shape index (κ3) is 4.71. The summed E-state index contributed by atoms with van der Waals surface area (Å²) < 4.78 is 5.36. The third-order valence-electron chi connectivity index (χ3n) is 4.79. The van der Waals surface area contributed by atoms with E-state index in [-0.39, 0.29) is 6.04 Å². The zero-order valence-electron chi connectivity index (χ0n) is 15.8. The van der Waals surface area contributed by atoms with E-state index in [1.165, 1.54) is 0 Å². The Morgan fingerprint density at radius 1 is 1.23 bits per heavy atom. The van der Waals surface area contributed by atoms with Crippen molar-refractivity contribution in [1.29, 1.82) is 0 Å². The Morgan fingerprint density at radius 3 is 2.62 bits per heavy atom. The molecule has 2 heterocycles. The fourth-order valence-electron chi connectivity index (χ4n) is 3.37. The van der Waals surface area contributed by atoms with Crippen LogP contribution in [0, 0.1) is 6.92 Å². The van der Waals surface area contributed by atoms with Crippen molar-refractivity contribution in [3.05, 3.63) is 42.1 Å². The molecule has 0 amide bonds. The number of ether oxygens (including phenoxy) is 1. The first-order chi connectivity index (χ1) is 12.5. The predicted octanol–water partition coefficient (Wildman–Crippen LogP) is 3.28. The van der Waals surface area contributed by atoms with E-state index in [4.69, 9.17) is 4.74 Å². The SMILES string of the molecule is Cc1cc(NC(C)CC2(O)CCOCC2)nc(N(C)c2ccccc2)n1. The number of anilines is 3. The molecule has 1 aromatic carbocycles. The largest absolute Gasteiger partial charge is 0.390 e. The second-order valence-corrected chi connectivity index (χ2v) is 7.18. The number of aromatic nitrogens is 2. The molecule has 1 fully saturated rings. The third-order valence-corrected chi connectivity index (χ3v) is 4.79. The highest BCUT2D eigenvalue weighted by atomic mass is 16.5. The van der Waals surface area contributed by atoms with Gasteiger partial charge in [-0.05, 0) is 45.2 Å². The molecule has 6 heteroatoms. The van der Waals surface area contributed by atoms with Gasteiger partial charge in [-0.2, -0.15) is 4.98 Å². The first-order valence-electron chi connectivity index (χ1n) is 9.16. The Balaban J connectivity index is 1.71. The number of rotatable bonds is 6. The van der Waals surface area contributed by atoms with Gasteiger partial charge in [-0.3, -0.25) is 0 Å². The highest BCUT2D eigenvalue weighted by Crippen LogP contribution is 2.27. The maximum Gasteiger partial charge on any atom is 0.231 e. The lowest BCUT2D eigenvalue weighted by Gasteiger charge is -2.34. The lowest BCUT2D eigenvalue weighted by molar-refractivity contribution is -0.0694. The Labute approximate surface area is 155 Å². The van der Waals surface area contributed by atoms with Gasteiger partial charge in [-0.25, -0.2) is 4.98 Å². The van der Waals surface area contributed by atoms with E-state index in [9.17, 15) is 5.11 Å². The van der Waals surface area contributed by atoms with Crippen molar-refractivity contribution in [3.8, 4) is 0 Å². The maximum absolute atomic E-state index is 10.7. The lowest BCUT2D eigenvalue weighted by Crippen LogP contribution is -2.40. The molecular weight excluding hydrogens is 328 g/mol. The molecule has 0 spiro atoms. The standard InChI is InChI=1S/C20H28N4O2/c1-15-13-18(21-16(2)14-20(25)9-11-26-12-10-20)23-19(22-15)24(3)17-7-5-4-6-8-17/h4-8,13,16,25H,9-12,14H2,1-3H3,(H,21,22,23). The maximum atomic E-state index is 10.7. The minimum Gasteiger partial charge on any atom is -0.390 e. The number of para-hydroxylation sites is 1. The van der Waals surface area contributed by atoms with Crippen LogP contribution < -0.4 is 10.2 Å². The van der Waals surface area contributed by atoms with E-state index in [1.54, 1.807) is 0 Å². The molecule has 1 aliphatic heterocycles. The van der Waals surface area contributed by atoms with Gasteiger partial charge in [0, 0.05) is 43.8 Å². The number of benzene rings is 1. The molecule has 0 bridgehead atoms. The Bertz CT molecular complexity index is 717. The van der Waals surface area contributed by atoms with Gasteiger partial charge < -0.3 is 20.1 Å². The van der Waals surface area contributed by atoms with Gasteiger partial charge in [-0.1, -0.05) is 18.2 Å². The first kappa shape index (κ1) is 18.6. The van der Waals surface area contributed by atoms with E-state index in [1.807, 2.05) is 55.3 Å². The Morgan fingerprint density at radius 2 is 1.92 bits per heavy atom. The number of hydrogen-bond donors (Lipinski definition) is 2. The van der Waals surface area contributed by atoms with Crippen LogP contribution in [0.3, 0.4) is 0 Å². The molecule has 2 aromatic rings. The van der Waals surface area contributed by atoms with Crippen LogP contribution in [0.2, 0.25) is 0 Å². The van der Waals surface area contributed by atoms with E-state index in [0.29, 0.717) is 38.4 Å². The van der Waals surface area contributed by atoms with Gasteiger partial charge in [0.05, 0.1) is 5.60 Å². The van der Waals surface area contributed by atoms with Crippen LogP contribution in [0.25, 0.3) is 0 Å². The molecule has 2 N–H and O–H groups in total. The number of aliphatic hydroxyl groups is 1. The van der Waals surface area contributed by atoms with Crippen molar-refractivity contribution in [1.82, 2.24) is 9.97 Å². The van der Waals surface area contributed by atoms with Gasteiger partial charge in [0.15, 0.2) is 0 Å². The summed E-state index contributed by atoms with van der Waals surface area (Å²) in [4.78, 5) is 11.2. The van der Waals surface area contributed by atoms with Gasteiger partial charge in [-0.15, -0.1) is 0 Å². The fourth-order valence-corrected chi connectivity index (χ4v) is 3.37. The average Bonchev–Trinajstić information content (AvgIpc) is 2.61. The van der Waals surface area contributed by atoms with E-state index in [0.717, 1.165) is 17.2 Å². The molecule has 3 rings (SSSR count). The molecule has 1 aromatic heterocycles. The van der Waals surface area contributed by atoms with E-state index in [2.05, 4.69) is 22.2 Å². The highest BCUT2D eigenvalue weighted by Gasteiger charge is 2.31. The first-order valence-corrected chi connectivity index (χ1v) is 9.16. The summed E-state index contributed by atoms with van der Waals surface area (Å²) in [5.74, 6) is 1.43. The summed E-state index contributed by atoms with van der Waals surface area (Å²) >= 11 is 0. The van der Waals surface area contributed by atoms with Crippen LogP contribution in [-0.4, -0.2) is 47.0 Å². The Kier molecular flexibility index (Phi) is 5.74. The van der Waals surface area contributed by atoms with Crippen molar-refractivity contribution in [2.45, 2.75) is 44.8 Å². The lowest BCUT2D eigenvalue weighted by atomic mass is 9.88. The van der Waals surface area contributed by atoms with Crippen molar-refractivity contribution >= 4 is 17.5 Å². The number of hydrogen-bond acceptors (Lipinski definition) is 6. The second-order valence-electron chi connectivity index (χ2n) is 7.18. The van der Waals surface area contributed by atoms with Gasteiger partial charge in [0.1, 0.15) is 5.82 Å². The van der Waals surface area contributed by atoms with Crippen LogP contribution in [-0.2, 0) is 4.74 Å². The molecular formula is C20H28N4O2. The summed E-state index contributed by atoms with van der Waals surface area (Å²) in [6, 6.07) is 12.1. The molecule has 0 saturated carbocycles. The number of nitrogens with one attached hydrogen (secondary N) is 1. The van der Waals surface area contributed by atoms with Crippen LogP contribution in [0.4, 0.5) is 17.5 Å². The quantitative estimate of drug-likeness (QED) is 0.828. The summed E-state index contributed by atoms with van der Waals surface area (Å²) in [5.41, 5.74) is 1.28. The van der Waals surface area contributed by atoms with Gasteiger partial charge in [0.25, 0.3) is 0 Å². The highest BCUT2D eigenvalue weighted by molar-refractivity contribution is 5.57. The average molecular weight is 356 g/mol. The zero-order chi connectivity index (χ0) is 18.6. The minimum atomic E-state index is -0.656. The smallest absolute Gasteiger partial charge is 0.231 e. The number of nitrogens with zero attached hydrogens (tertiary/aromatic N) is 3. The molecule has 1 saturated heterocycles. The summed E-state index contributed by atoms with van der Waals surface area (Å²) in [6.07, 6.45) is 2.04.